The summed E-state index contributed by atoms with van der Waals surface area (Å²) in [5, 5.41) is 3.29. The van der Waals surface area contributed by atoms with Gasteiger partial charge in [0.1, 0.15) is 5.75 Å². The number of nitrogens with zero attached hydrogens (tertiary/aromatic N) is 1. The smallest absolute Gasteiger partial charge is 0.230 e. The summed E-state index contributed by atoms with van der Waals surface area (Å²) in [6.07, 6.45) is 2.47. The zero-order chi connectivity index (χ0) is 15.5. The highest BCUT2D eigenvalue weighted by molar-refractivity contribution is 7.17. The Morgan fingerprint density at radius 3 is 3.05 bits per heavy atom. The molecule has 1 aliphatic rings. The maximum Gasteiger partial charge on any atom is 0.230 e. The van der Waals surface area contributed by atoms with E-state index in [1.807, 2.05) is 24.3 Å². The monoisotopic (exact) mass is 316 g/mol. The molecule has 1 aromatic heterocycles. The average molecular weight is 316 g/mol. The van der Waals surface area contributed by atoms with Gasteiger partial charge in [-0.15, -0.1) is 0 Å². The molecule has 3 rings (SSSR count). The van der Waals surface area contributed by atoms with Crippen LogP contribution in [0.4, 0.5) is 5.13 Å². The lowest BCUT2D eigenvalue weighted by atomic mass is 10.0. The maximum absolute atomic E-state index is 12.1. The first-order valence-corrected chi connectivity index (χ1v) is 7.93. The number of aryl methyl sites for hydroxylation is 1. The van der Waals surface area contributed by atoms with Gasteiger partial charge in [-0.25, -0.2) is 4.98 Å². The Morgan fingerprint density at radius 2 is 2.27 bits per heavy atom. The van der Waals surface area contributed by atoms with E-state index in [2.05, 4.69) is 10.3 Å². The number of hydrogen-bond donors (Lipinski definition) is 1. The minimum Gasteiger partial charge on any atom is -0.497 e. The second-order valence-electron chi connectivity index (χ2n) is 5.15. The molecule has 2 aromatic rings. The molecule has 1 amide bonds. The summed E-state index contributed by atoms with van der Waals surface area (Å²) in [5.41, 5.74) is 1.69. The molecule has 0 fully saturated rings. The Balaban J connectivity index is 1.68. The minimum atomic E-state index is -0.146. The van der Waals surface area contributed by atoms with Crippen LogP contribution < -0.4 is 10.1 Å². The third-order valence-electron chi connectivity index (χ3n) is 3.51. The predicted octanol–water partition coefficient (Wildman–Crippen LogP) is 2.85. The van der Waals surface area contributed by atoms with Gasteiger partial charge in [0, 0.05) is 6.42 Å². The Bertz CT molecular complexity index is 724. The summed E-state index contributed by atoms with van der Waals surface area (Å²) in [6, 6.07) is 7.39. The highest BCUT2D eigenvalue weighted by Crippen LogP contribution is 2.29. The zero-order valence-corrected chi connectivity index (χ0v) is 13.0. The number of rotatable bonds is 4. The van der Waals surface area contributed by atoms with Gasteiger partial charge in [-0.3, -0.25) is 9.59 Å². The fraction of sp³-hybridized carbons (Fsp3) is 0.312. The number of Topliss-reactive ketones (excluding diaryl/α,β-unsaturated/α-hetero) is 1. The van der Waals surface area contributed by atoms with E-state index in [-0.39, 0.29) is 18.1 Å². The number of ether oxygens (including phenoxy) is 1. The van der Waals surface area contributed by atoms with Crippen molar-refractivity contribution < 1.29 is 14.3 Å². The van der Waals surface area contributed by atoms with E-state index in [0.29, 0.717) is 16.4 Å². The number of fused-ring (bicyclic) bond motifs is 1. The summed E-state index contributed by atoms with van der Waals surface area (Å²) in [7, 11) is 1.59. The van der Waals surface area contributed by atoms with Gasteiger partial charge in [-0.1, -0.05) is 23.5 Å². The van der Waals surface area contributed by atoms with E-state index in [9.17, 15) is 9.59 Å². The van der Waals surface area contributed by atoms with Crippen molar-refractivity contribution >= 4 is 28.2 Å². The Hall–Kier alpha value is -2.21. The fourth-order valence-corrected chi connectivity index (χ4v) is 3.45. The topological polar surface area (TPSA) is 68.3 Å². The van der Waals surface area contributed by atoms with Gasteiger partial charge >= 0.3 is 0 Å². The molecular weight excluding hydrogens is 300 g/mol. The third kappa shape index (κ3) is 3.17. The molecule has 0 aliphatic heterocycles. The number of benzene rings is 1. The SMILES string of the molecule is COc1cccc(CC(=O)Nc2nc3c(s2)C(=O)CCC3)c1. The van der Waals surface area contributed by atoms with Crippen LogP contribution in [0.5, 0.6) is 5.75 Å². The standard InChI is InChI=1S/C16H16N2O3S/c1-21-11-5-2-4-10(8-11)9-14(20)18-16-17-12-6-3-7-13(19)15(12)22-16/h2,4-5,8H,3,6-7,9H2,1H3,(H,17,18,20). The van der Waals surface area contributed by atoms with Crippen LogP contribution in [0, 0.1) is 0 Å². The predicted molar refractivity (Wildman–Crippen MR) is 84.7 cm³/mol. The molecule has 0 bridgehead atoms. The van der Waals surface area contributed by atoms with E-state index in [4.69, 9.17) is 4.74 Å². The molecule has 1 aliphatic carbocycles. The van der Waals surface area contributed by atoms with Crippen molar-refractivity contribution in [2.75, 3.05) is 12.4 Å². The summed E-state index contributed by atoms with van der Waals surface area (Å²) >= 11 is 1.27. The number of amides is 1. The van der Waals surface area contributed by atoms with Crippen molar-refractivity contribution in [3.05, 3.63) is 40.4 Å². The molecule has 1 aromatic carbocycles. The van der Waals surface area contributed by atoms with Gasteiger partial charge in [-0.2, -0.15) is 0 Å². The number of thiazole rings is 1. The van der Waals surface area contributed by atoms with Gasteiger partial charge < -0.3 is 10.1 Å². The first kappa shape index (κ1) is 14.7. The maximum atomic E-state index is 12.1. The normalized spacial score (nSPS) is 13.6. The van der Waals surface area contributed by atoms with Gasteiger partial charge in [0.25, 0.3) is 0 Å². The summed E-state index contributed by atoms with van der Waals surface area (Å²) in [4.78, 5) is 29.0. The molecule has 6 heteroatoms. The molecule has 0 radical (unpaired) electrons. The highest BCUT2D eigenvalue weighted by Gasteiger charge is 2.22. The number of carbonyl (C=O) groups is 2. The van der Waals surface area contributed by atoms with Gasteiger partial charge in [0.15, 0.2) is 10.9 Å². The van der Waals surface area contributed by atoms with Crippen LogP contribution in [0.25, 0.3) is 0 Å². The molecule has 0 saturated carbocycles. The van der Waals surface area contributed by atoms with Crippen molar-refractivity contribution in [2.45, 2.75) is 25.7 Å². The fourth-order valence-electron chi connectivity index (χ4n) is 2.45. The van der Waals surface area contributed by atoms with E-state index < -0.39 is 0 Å². The molecule has 0 spiro atoms. The van der Waals surface area contributed by atoms with Gasteiger partial charge in [0.2, 0.25) is 5.91 Å². The molecule has 22 heavy (non-hydrogen) atoms. The van der Waals surface area contributed by atoms with Crippen molar-refractivity contribution in [1.29, 1.82) is 0 Å². The van der Waals surface area contributed by atoms with Crippen LogP contribution in [0.1, 0.15) is 33.8 Å². The van der Waals surface area contributed by atoms with Gasteiger partial charge in [0.05, 0.1) is 24.1 Å². The van der Waals surface area contributed by atoms with Crippen LogP contribution in [0.3, 0.4) is 0 Å². The lowest BCUT2D eigenvalue weighted by molar-refractivity contribution is -0.115. The number of aromatic nitrogens is 1. The molecular formula is C16H16N2O3S. The van der Waals surface area contributed by atoms with Crippen LogP contribution in [0.15, 0.2) is 24.3 Å². The molecule has 0 saturated heterocycles. The number of nitrogens with one attached hydrogen (secondary N) is 1. The van der Waals surface area contributed by atoms with Crippen LogP contribution in [-0.2, 0) is 17.6 Å². The minimum absolute atomic E-state index is 0.132. The number of hydrogen-bond acceptors (Lipinski definition) is 5. The summed E-state index contributed by atoms with van der Waals surface area (Å²) in [6.45, 7) is 0. The molecule has 0 unspecified atom stereocenters. The first-order valence-electron chi connectivity index (χ1n) is 7.11. The van der Waals surface area contributed by atoms with Crippen LogP contribution >= 0.6 is 11.3 Å². The molecule has 0 atom stereocenters. The molecule has 1 N–H and O–H groups in total. The molecule has 1 heterocycles. The third-order valence-corrected chi connectivity index (χ3v) is 4.57. The van der Waals surface area contributed by atoms with E-state index in [1.54, 1.807) is 7.11 Å². The highest BCUT2D eigenvalue weighted by atomic mass is 32.1. The Labute approximate surface area is 132 Å². The average Bonchev–Trinajstić information content (AvgIpc) is 2.91. The van der Waals surface area contributed by atoms with E-state index in [1.165, 1.54) is 11.3 Å². The number of carbonyl (C=O) groups excluding carboxylic acids is 2. The van der Waals surface area contributed by atoms with Crippen LogP contribution in [0.2, 0.25) is 0 Å². The number of ketones is 1. The lowest BCUT2D eigenvalue weighted by Gasteiger charge is -2.05. The number of methoxy groups -OCH3 is 1. The largest absolute Gasteiger partial charge is 0.497 e. The second-order valence-corrected chi connectivity index (χ2v) is 6.15. The Morgan fingerprint density at radius 1 is 1.41 bits per heavy atom. The first-order chi connectivity index (χ1) is 10.7. The molecule has 5 nitrogen and oxygen atoms in total. The zero-order valence-electron chi connectivity index (χ0n) is 12.2. The Kier molecular flexibility index (Phi) is 4.20. The number of anilines is 1. The van der Waals surface area contributed by atoms with Crippen molar-refractivity contribution in [3.8, 4) is 5.75 Å². The van der Waals surface area contributed by atoms with E-state index >= 15 is 0 Å². The van der Waals surface area contributed by atoms with Crippen molar-refractivity contribution in [2.24, 2.45) is 0 Å². The summed E-state index contributed by atoms with van der Waals surface area (Å²) < 4.78 is 5.14. The quantitative estimate of drug-likeness (QED) is 0.942. The van der Waals surface area contributed by atoms with Crippen molar-refractivity contribution in [1.82, 2.24) is 4.98 Å². The molecule has 114 valence electrons. The van der Waals surface area contributed by atoms with E-state index in [0.717, 1.165) is 29.8 Å². The second kappa shape index (κ2) is 6.27. The summed E-state index contributed by atoms with van der Waals surface area (Å²) in [5.74, 6) is 0.708. The lowest BCUT2D eigenvalue weighted by Crippen LogP contribution is -2.14. The van der Waals surface area contributed by atoms with Gasteiger partial charge in [-0.05, 0) is 30.5 Å². The van der Waals surface area contributed by atoms with Crippen molar-refractivity contribution in [3.63, 3.8) is 0 Å². The van der Waals surface area contributed by atoms with Crippen LogP contribution in [-0.4, -0.2) is 23.8 Å².